The monoisotopic (exact) mass is 248 g/mol. The van der Waals surface area contributed by atoms with Gasteiger partial charge in [-0.05, 0) is 18.6 Å². The number of hydrogen-bond acceptors (Lipinski definition) is 4. The number of carbonyl (C=O) groups excluding carboxylic acids is 1. The Morgan fingerprint density at radius 2 is 2.11 bits per heavy atom. The van der Waals surface area contributed by atoms with Gasteiger partial charge in [0.25, 0.3) is 0 Å². The minimum atomic E-state index is -0.136. The van der Waals surface area contributed by atoms with Crippen molar-refractivity contribution in [2.75, 3.05) is 26.9 Å². The predicted octanol–water partition coefficient (Wildman–Crippen LogP) is 2.67. The van der Waals surface area contributed by atoms with Gasteiger partial charge in [0.05, 0.1) is 0 Å². The molecule has 0 saturated heterocycles. The van der Waals surface area contributed by atoms with Gasteiger partial charge >= 0.3 is 0 Å². The zero-order chi connectivity index (χ0) is 12.8. The van der Waals surface area contributed by atoms with Crippen LogP contribution >= 0.6 is 0 Å². The highest BCUT2D eigenvalue weighted by atomic mass is 16.5. The molecule has 1 aromatic carbocycles. The lowest BCUT2D eigenvalue weighted by molar-refractivity contribution is 0.0683. The first-order valence-electron chi connectivity index (χ1n) is 5.89. The van der Waals surface area contributed by atoms with Crippen LogP contribution in [0.5, 0.6) is 0 Å². The summed E-state index contributed by atoms with van der Waals surface area (Å²) in [5.74, 6) is 0.214. The Labute approximate surface area is 105 Å². The molecule has 4 nitrogen and oxygen atoms in total. The summed E-state index contributed by atoms with van der Waals surface area (Å²) in [5.41, 5.74) is 0.722. The maximum absolute atomic E-state index is 11.8. The lowest BCUT2D eigenvalue weighted by Gasteiger charge is -2.01. The van der Waals surface area contributed by atoms with Crippen molar-refractivity contribution in [3.8, 4) is 0 Å². The fourth-order valence-corrected chi connectivity index (χ4v) is 1.66. The van der Waals surface area contributed by atoms with Gasteiger partial charge < -0.3 is 13.9 Å². The molecule has 0 radical (unpaired) electrons. The molecule has 0 amide bonds. The largest absolute Gasteiger partial charge is 0.453 e. The van der Waals surface area contributed by atoms with Gasteiger partial charge in [-0.2, -0.15) is 0 Å². The quantitative estimate of drug-likeness (QED) is 0.558. The average Bonchev–Trinajstić information content (AvgIpc) is 2.82. The molecule has 0 aliphatic carbocycles. The van der Waals surface area contributed by atoms with Crippen LogP contribution in [0.15, 0.2) is 34.7 Å². The first kappa shape index (κ1) is 12.8. The Morgan fingerprint density at radius 3 is 2.89 bits per heavy atom. The molecular weight excluding hydrogens is 232 g/mol. The van der Waals surface area contributed by atoms with Gasteiger partial charge in [-0.1, -0.05) is 18.2 Å². The predicted molar refractivity (Wildman–Crippen MR) is 67.9 cm³/mol. The van der Waals surface area contributed by atoms with Crippen molar-refractivity contribution >= 4 is 16.8 Å². The molecule has 96 valence electrons. The summed E-state index contributed by atoms with van der Waals surface area (Å²) in [6.07, 6.45) is 0.782. The van der Waals surface area contributed by atoms with Crippen molar-refractivity contribution in [1.82, 2.24) is 0 Å². The van der Waals surface area contributed by atoms with Gasteiger partial charge in [-0.15, -0.1) is 0 Å². The number of ketones is 1. The van der Waals surface area contributed by atoms with E-state index in [1.54, 1.807) is 13.2 Å². The second kappa shape index (κ2) is 6.33. The first-order valence-corrected chi connectivity index (χ1v) is 5.89. The van der Waals surface area contributed by atoms with Gasteiger partial charge in [-0.3, -0.25) is 4.79 Å². The second-order valence-electron chi connectivity index (χ2n) is 3.97. The third-order valence-corrected chi connectivity index (χ3v) is 2.57. The molecule has 0 saturated carbocycles. The number of para-hydroxylation sites is 1. The third-order valence-electron chi connectivity index (χ3n) is 2.57. The molecule has 0 aliphatic heterocycles. The molecule has 0 unspecified atom stereocenters. The van der Waals surface area contributed by atoms with Crippen molar-refractivity contribution in [2.24, 2.45) is 0 Å². The van der Waals surface area contributed by atoms with Crippen molar-refractivity contribution in [1.29, 1.82) is 0 Å². The van der Waals surface area contributed by atoms with Gasteiger partial charge in [0.15, 0.2) is 5.76 Å². The summed E-state index contributed by atoms with van der Waals surface area (Å²) in [5, 5.41) is 0.931. The van der Waals surface area contributed by atoms with Crippen LogP contribution in [0.25, 0.3) is 11.0 Å². The van der Waals surface area contributed by atoms with Crippen molar-refractivity contribution in [3.63, 3.8) is 0 Å². The van der Waals surface area contributed by atoms with Crippen LogP contribution < -0.4 is 0 Å². The topological polar surface area (TPSA) is 48.7 Å². The lowest BCUT2D eigenvalue weighted by Crippen LogP contribution is -2.09. The van der Waals surface area contributed by atoms with E-state index in [9.17, 15) is 4.79 Å². The molecule has 0 N–H and O–H groups in total. The maximum atomic E-state index is 11.8. The number of benzene rings is 1. The summed E-state index contributed by atoms with van der Waals surface area (Å²) in [7, 11) is 1.64. The van der Waals surface area contributed by atoms with Crippen LogP contribution in [0.1, 0.15) is 17.0 Å². The van der Waals surface area contributed by atoms with E-state index in [4.69, 9.17) is 13.9 Å². The van der Waals surface area contributed by atoms with Crippen LogP contribution in [-0.4, -0.2) is 32.7 Å². The van der Waals surface area contributed by atoms with Crippen LogP contribution in [0, 0.1) is 0 Å². The Morgan fingerprint density at radius 1 is 1.28 bits per heavy atom. The first-order chi connectivity index (χ1) is 8.81. The van der Waals surface area contributed by atoms with Gasteiger partial charge in [0, 0.05) is 25.7 Å². The molecule has 0 atom stereocenters. The van der Waals surface area contributed by atoms with Crippen LogP contribution in [0.4, 0.5) is 0 Å². The molecule has 2 aromatic rings. The molecular formula is C14H16O4. The van der Waals surface area contributed by atoms with Crippen LogP contribution in [-0.2, 0) is 9.47 Å². The number of Topliss-reactive ketones (excluding diaryl/α,β-unsaturated/α-hetero) is 1. The molecule has 0 bridgehead atoms. The lowest BCUT2D eigenvalue weighted by atomic mass is 10.2. The van der Waals surface area contributed by atoms with Crippen molar-refractivity contribution < 1.29 is 18.7 Å². The van der Waals surface area contributed by atoms with Crippen molar-refractivity contribution in [2.45, 2.75) is 6.42 Å². The highest BCUT2D eigenvalue weighted by molar-refractivity contribution is 5.98. The Kier molecular flexibility index (Phi) is 4.50. The SMILES string of the molecule is COCCCOCC(=O)c1cc2ccccc2o1. The van der Waals surface area contributed by atoms with Crippen LogP contribution in [0.2, 0.25) is 0 Å². The Bertz CT molecular complexity index is 482. The zero-order valence-corrected chi connectivity index (χ0v) is 10.3. The third kappa shape index (κ3) is 3.18. The summed E-state index contributed by atoms with van der Waals surface area (Å²) < 4.78 is 15.6. The van der Waals surface area contributed by atoms with E-state index in [2.05, 4.69) is 0 Å². The fraction of sp³-hybridized carbons (Fsp3) is 0.357. The van der Waals surface area contributed by atoms with E-state index in [-0.39, 0.29) is 12.4 Å². The summed E-state index contributed by atoms with van der Waals surface area (Å²) in [6.45, 7) is 1.20. The van der Waals surface area contributed by atoms with E-state index in [0.717, 1.165) is 17.4 Å². The zero-order valence-electron chi connectivity index (χ0n) is 10.3. The fourth-order valence-electron chi connectivity index (χ4n) is 1.66. The van der Waals surface area contributed by atoms with E-state index in [0.29, 0.717) is 19.0 Å². The van der Waals surface area contributed by atoms with E-state index in [1.807, 2.05) is 24.3 Å². The molecule has 2 rings (SSSR count). The smallest absolute Gasteiger partial charge is 0.223 e. The van der Waals surface area contributed by atoms with E-state index < -0.39 is 0 Å². The minimum Gasteiger partial charge on any atom is -0.453 e. The normalized spacial score (nSPS) is 10.9. The maximum Gasteiger partial charge on any atom is 0.223 e. The molecule has 4 heteroatoms. The van der Waals surface area contributed by atoms with Gasteiger partial charge in [0.2, 0.25) is 5.78 Å². The molecule has 0 spiro atoms. The van der Waals surface area contributed by atoms with Crippen LogP contribution in [0.3, 0.4) is 0 Å². The Balaban J connectivity index is 1.88. The van der Waals surface area contributed by atoms with Gasteiger partial charge in [-0.25, -0.2) is 0 Å². The minimum absolute atomic E-state index is 0.0452. The molecule has 18 heavy (non-hydrogen) atoms. The molecule has 1 heterocycles. The summed E-state index contributed by atoms with van der Waals surface area (Å²) in [4.78, 5) is 11.8. The van der Waals surface area contributed by atoms with Crippen molar-refractivity contribution in [3.05, 3.63) is 36.1 Å². The molecule has 1 aromatic heterocycles. The molecule has 0 fully saturated rings. The highest BCUT2D eigenvalue weighted by Crippen LogP contribution is 2.19. The number of fused-ring (bicyclic) bond motifs is 1. The highest BCUT2D eigenvalue weighted by Gasteiger charge is 2.11. The van der Waals surface area contributed by atoms with Gasteiger partial charge in [0.1, 0.15) is 12.2 Å². The standard InChI is InChI=1S/C14H16O4/c1-16-7-4-8-17-10-12(15)14-9-11-5-2-3-6-13(11)18-14/h2-3,5-6,9H,4,7-8,10H2,1H3. The number of rotatable bonds is 7. The molecule has 0 aliphatic rings. The van der Waals surface area contributed by atoms with E-state index >= 15 is 0 Å². The number of hydrogen-bond donors (Lipinski definition) is 0. The summed E-state index contributed by atoms with van der Waals surface area (Å²) in [6, 6.07) is 9.28. The number of carbonyl (C=O) groups is 1. The number of furan rings is 1. The average molecular weight is 248 g/mol. The number of ether oxygens (including phenoxy) is 2. The van der Waals surface area contributed by atoms with E-state index in [1.165, 1.54) is 0 Å². The summed E-state index contributed by atoms with van der Waals surface area (Å²) >= 11 is 0. The number of methoxy groups -OCH3 is 1. The Hall–Kier alpha value is -1.65. The second-order valence-corrected chi connectivity index (χ2v) is 3.97.